The Kier molecular flexibility index (Phi) is 4.36. The van der Waals surface area contributed by atoms with E-state index in [4.69, 9.17) is 4.74 Å². The van der Waals surface area contributed by atoms with E-state index in [1.54, 1.807) is 0 Å². The molecule has 0 radical (unpaired) electrons. The first kappa shape index (κ1) is 14.3. The summed E-state index contributed by atoms with van der Waals surface area (Å²) in [6.07, 6.45) is 5.50. The van der Waals surface area contributed by atoms with Gasteiger partial charge in [0, 0.05) is 45.5 Å². The fraction of sp³-hybridized carbons (Fsp3) is 0.600. The Labute approximate surface area is 124 Å². The highest BCUT2D eigenvalue weighted by molar-refractivity contribution is 5.94. The van der Waals surface area contributed by atoms with Gasteiger partial charge in [0.25, 0.3) is 5.91 Å². The van der Waals surface area contributed by atoms with Gasteiger partial charge in [-0.25, -0.2) is 0 Å². The Balaban J connectivity index is 1.52. The van der Waals surface area contributed by atoms with Gasteiger partial charge in [-0.1, -0.05) is 0 Å². The predicted octanol–water partition coefficient (Wildman–Crippen LogP) is 0.724. The third-order valence-corrected chi connectivity index (χ3v) is 4.12. The largest absolute Gasteiger partial charge is 0.506 e. The summed E-state index contributed by atoms with van der Waals surface area (Å²) in [7, 11) is 0. The third kappa shape index (κ3) is 3.51. The minimum absolute atomic E-state index is 0.0258. The molecule has 6 heteroatoms. The van der Waals surface area contributed by atoms with E-state index in [0.29, 0.717) is 24.8 Å². The number of aromatic hydroxyl groups is 1. The van der Waals surface area contributed by atoms with E-state index in [1.165, 1.54) is 18.5 Å². The van der Waals surface area contributed by atoms with Gasteiger partial charge in [-0.15, -0.1) is 0 Å². The lowest BCUT2D eigenvalue weighted by Crippen LogP contribution is -2.50. The topological polar surface area (TPSA) is 65.9 Å². The van der Waals surface area contributed by atoms with Gasteiger partial charge in [-0.2, -0.15) is 0 Å². The van der Waals surface area contributed by atoms with E-state index < -0.39 is 0 Å². The van der Waals surface area contributed by atoms with Gasteiger partial charge in [0.15, 0.2) is 0 Å². The highest BCUT2D eigenvalue weighted by Gasteiger charge is 2.25. The number of aromatic nitrogens is 1. The number of amides is 1. The van der Waals surface area contributed by atoms with Crippen molar-refractivity contribution in [1.82, 2.24) is 14.8 Å². The summed E-state index contributed by atoms with van der Waals surface area (Å²) >= 11 is 0. The maximum absolute atomic E-state index is 12.3. The van der Waals surface area contributed by atoms with Crippen molar-refractivity contribution in [2.24, 2.45) is 0 Å². The van der Waals surface area contributed by atoms with Crippen LogP contribution in [0.25, 0.3) is 0 Å². The van der Waals surface area contributed by atoms with Crippen LogP contribution in [-0.4, -0.2) is 71.2 Å². The van der Waals surface area contributed by atoms with Gasteiger partial charge < -0.3 is 14.7 Å². The van der Waals surface area contributed by atoms with E-state index in [-0.39, 0.29) is 11.7 Å². The maximum Gasteiger partial charge on any atom is 0.255 e. The molecule has 2 aliphatic rings. The molecule has 0 spiro atoms. The monoisotopic (exact) mass is 291 g/mol. The standard InChI is InChI=1S/C15H21N3O3/c19-13-8-12(9-16-10-13)15(20)18-5-3-17(4-6-18)11-14-2-1-7-21-14/h8-10,14,19H,1-7,11H2. The second-order valence-electron chi connectivity index (χ2n) is 5.66. The summed E-state index contributed by atoms with van der Waals surface area (Å²) in [6, 6.07) is 1.47. The number of rotatable bonds is 3. The van der Waals surface area contributed by atoms with Crippen molar-refractivity contribution in [2.75, 3.05) is 39.3 Å². The predicted molar refractivity (Wildman–Crippen MR) is 77.2 cm³/mol. The summed E-state index contributed by atoms with van der Waals surface area (Å²) in [5.74, 6) is -0.0342. The summed E-state index contributed by atoms with van der Waals surface area (Å²) in [4.78, 5) is 20.4. The molecule has 6 nitrogen and oxygen atoms in total. The second-order valence-corrected chi connectivity index (χ2v) is 5.66. The summed E-state index contributed by atoms with van der Waals surface area (Å²) in [5.41, 5.74) is 0.447. The van der Waals surface area contributed by atoms with Crippen LogP contribution in [0.1, 0.15) is 23.2 Å². The Bertz CT molecular complexity index is 495. The van der Waals surface area contributed by atoms with Crippen molar-refractivity contribution in [2.45, 2.75) is 18.9 Å². The number of carbonyl (C=O) groups is 1. The van der Waals surface area contributed by atoms with E-state index in [0.717, 1.165) is 39.1 Å². The number of carbonyl (C=O) groups excluding carboxylic acids is 1. The van der Waals surface area contributed by atoms with Gasteiger partial charge in [-0.3, -0.25) is 14.7 Å². The minimum Gasteiger partial charge on any atom is -0.506 e. The van der Waals surface area contributed by atoms with Crippen LogP contribution in [-0.2, 0) is 4.74 Å². The first-order valence-corrected chi connectivity index (χ1v) is 7.49. The Morgan fingerprint density at radius 1 is 1.33 bits per heavy atom. The molecular formula is C15H21N3O3. The van der Waals surface area contributed by atoms with Gasteiger partial charge >= 0.3 is 0 Å². The zero-order valence-electron chi connectivity index (χ0n) is 12.1. The molecule has 1 aromatic rings. The van der Waals surface area contributed by atoms with Crippen LogP contribution in [0, 0.1) is 0 Å². The molecule has 114 valence electrons. The van der Waals surface area contributed by atoms with E-state index >= 15 is 0 Å². The SMILES string of the molecule is O=C(c1cncc(O)c1)N1CCN(CC2CCCO2)CC1. The molecule has 1 atom stereocenters. The van der Waals surface area contributed by atoms with Crippen LogP contribution < -0.4 is 0 Å². The molecule has 0 bridgehead atoms. The number of ether oxygens (including phenoxy) is 1. The Hall–Kier alpha value is -1.66. The average Bonchev–Trinajstić information content (AvgIpc) is 3.00. The number of piperazine rings is 1. The Morgan fingerprint density at radius 2 is 2.14 bits per heavy atom. The number of pyridine rings is 1. The lowest BCUT2D eigenvalue weighted by molar-refractivity contribution is 0.0432. The molecule has 1 unspecified atom stereocenters. The first-order valence-electron chi connectivity index (χ1n) is 7.49. The maximum atomic E-state index is 12.3. The summed E-state index contributed by atoms with van der Waals surface area (Å²) < 4.78 is 5.65. The zero-order chi connectivity index (χ0) is 14.7. The van der Waals surface area contributed by atoms with Gasteiger partial charge in [0.05, 0.1) is 17.9 Å². The lowest BCUT2D eigenvalue weighted by atomic mass is 10.2. The van der Waals surface area contributed by atoms with E-state index in [1.807, 2.05) is 4.90 Å². The summed E-state index contributed by atoms with van der Waals surface area (Å²) in [6.45, 7) is 5.02. The molecule has 2 saturated heterocycles. The molecule has 2 aliphatic heterocycles. The lowest BCUT2D eigenvalue weighted by Gasteiger charge is -2.35. The van der Waals surface area contributed by atoms with Crippen LogP contribution in [0.2, 0.25) is 0 Å². The fourth-order valence-corrected chi connectivity index (χ4v) is 2.94. The molecule has 1 amide bonds. The van der Waals surface area contributed by atoms with Gasteiger partial charge in [0.2, 0.25) is 0 Å². The van der Waals surface area contributed by atoms with E-state index in [2.05, 4.69) is 9.88 Å². The van der Waals surface area contributed by atoms with Gasteiger partial charge in [-0.05, 0) is 18.9 Å². The molecule has 0 saturated carbocycles. The number of hydrogen-bond acceptors (Lipinski definition) is 5. The van der Waals surface area contributed by atoms with Crippen LogP contribution in [0.3, 0.4) is 0 Å². The smallest absolute Gasteiger partial charge is 0.255 e. The van der Waals surface area contributed by atoms with Crippen LogP contribution in [0.4, 0.5) is 0 Å². The summed E-state index contributed by atoms with van der Waals surface area (Å²) in [5, 5.41) is 9.41. The quantitative estimate of drug-likeness (QED) is 0.889. The minimum atomic E-state index is -0.0600. The van der Waals surface area contributed by atoms with Crippen LogP contribution in [0.15, 0.2) is 18.5 Å². The number of nitrogens with zero attached hydrogens (tertiary/aromatic N) is 3. The normalized spacial score (nSPS) is 23.4. The second kappa shape index (κ2) is 6.41. The van der Waals surface area contributed by atoms with Crippen LogP contribution >= 0.6 is 0 Å². The van der Waals surface area contributed by atoms with Crippen molar-refractivity contribution in [1.29, 1.82) is 0 Å². The zero-order valence-corrected chi connectivity index (χ0v) is 12.1. The van der Waals surface area contributed by atoms with Crippen LogP contribution in [0.5, 0.6) is 5.75 Å². The van der Waals surface area contributed by atoms with Crippen molar-refractivity contribution >= 4 is 5.91 Å². The Morgan fingerprint density at radius 3 is 2.81 bits per heavy atom. The number of hydrogen-bond donors (Lipinski definition) is 1. The molecule has 1 aromatic heterocycles. The molecule has 21 heavy (non-hydrogen) atoms. The highest BCUT2D eigenvalue weighted by Crippen LogP contribution is 2.16. The molecule has 0 aliphatic carbocycles. The van der Waals surface area contributed by atoms with Gasteiger partial charge in [0.1, 0.15) is 5.75 Å². The van der Waals surface area contributed by atoms with Crippen molar-refractivity contribution < 1.29 is 14.6 Å². The molecule has 3 rings (SSSR count). The molecule has 0 aromatic carbocycles. The molecule has 3 heterocycles. The molecular weight excluding hydrogens is 270 g/mol. The average molecular weight is 291 g/mol. The molecule has 1 N–H and O–H groups in total. The first-order chi connectivity index (χ1) is 10.2. The van der Waals surface area contributed by atoms with E-state index in [9.17, 15) is 9.90 Å². The van der Waals surface area contributed by atoms with Crippen molar-refractivity contribution in [3.05, 3.63) is 24.0 Å². The van der Waals surface area contributed by atoms with Crippen molar-refractivity contribution in [3.63, 3.8) is 0 Å². The fourth-order valence-electron chi connectivity index (χ4n) is 2.94. The van der Waals surface area contributed by atoms with Crippen molar-refractivity contribution in [3.8, 4) is 5.75 Å². The highest BCUT2D eigenvalue weighted by atomic mass is 16.5. The molecule has 2 fully saturated rings. The third-order valence-electron chi connectivity index (χ3n) is 4.12.